The van der Waals surface area contributed by atoms with Gasteiger partial charge in [0.1, 0.15) is 6.10 Å². The van der Waals surface area contributed by atoms with Gasteiger partial charge in [-0.25, -0.2) is 4.79 Å². The van der Waals surface area contributed by atoms with E-state index in [2.05, 4.69) is 10.4 Å². The largest absolute Gasteiger partial charge is 0.481 e. The Labute approximate surface area is 140 Å². The van der Waals surface area contributed by atoms with Crippen molar-refractivity contribution >= 4 is 12.0 Å². The molecular formula is C16H24N4O4. The van der Waals surface area contributed by atoms with Gasteiger partial charge in [0.05, 0.1) is 25.3 Å². The van der Waals surface area contributed by atoms with Crippen molar-refractivity contribution in [1.82, 2.24) is 20.0 Å². The van der Waals surface area contributed by atoms with E-state index in [1.54, 1.807) is 11.1 Å². The lowest BCUT2D eigenvalue weighted by molar-refractivity contribution is -0.141. The predicted molar refractivity (Wildman–Crippen MR) is 85.5 cm³/mol. The number of carboxylic acid groups (broad SMARTS) is 1. The molecular weight excluding hydrogens is 312 g/mol. The summed E-state index contributed by atoms with van der Waals surface area (Å²) in [6.07, 6.45) is 5.42. The lowest BCUT2D eigenvalue weighted by Gasteiger charge is -2.33. The number of ether oxygens (including phenoxy) is 1. The number of nitrogens with zero attached hydrogens (tertiary/aromatic N) is 3. The number of hydrogen-bond acceptors (Lipinski definition) is 4. The van der Waals surface area contributed by atoms with Crippen LogP contribution in [0.2, 0.25) is 0 Å². The molecule has 3 rings (SSSR count). The molecule has 1 aliphatic heterocycles. The van der Waals surface area contributed by atoms with Crippen molar-refractivity contribution in [1.29, 1.82) is 0 Å². The highest BCUT2D eigenvalue weighted by Gasteiger charge is 2.33. The summed E-state index contributed by atoms with van der Waals surface area (Å²) < 4.78 is 7.60. The van der Waals surface area contributed by atoms with E-state index in [4.69, 9.17) is 9.84 Å². The Kier molecular flexibility index (Phi) is 5.03. The number of carboxylic acids is 1. The molecule has 132 valence electrons. The summed E-state index contributed by atoms with van der Waals surface area (Å²) in [7, 11) is 0. The Hall–Kier alpha value is -2.09. The Morgan fingerprint density at radius 3 is 2.96 bits per heavy atom. The van der Waals surface area contributed by atoms with Crippen LogP contribution < -0.4 is 5.32 Å². The molecule has 1 unspecified atom stereocenters. The van der Waals surface area contributed by atoms with Crippen LogP contribution in [0.3, 0.4) is 0 Å². The number of morpholine rings is 1. The van der Waals surface area contributed by atoms with Gasteiger partial charge >= 0.3 is 12.0 Å². The Morgan fingerprint density at radius 1 is 1.46 bits per heavy atom. The molecule has 0 bridgehead atoms. The van der Waals surface area contributed by atoms with Crippen LogP contribution in [0.25, 0.3) is 0 Å². The van der Waals surface area contributed by atoms with Gasteiger partial charge in [0.25, 0.3) is 0 Å². The molecule has 0 radical (unpaired) electrons. The van der Waals surface area contributed by atoms with E-state index in [-0.39, 0.29) is 24.1 Å². The van der Waals surface area contributed by atoms with Crippen molar-refractivity contribution in [2.45, 2.75) is 44.9 Å². The van der Waals surface area contributed by atoms with Crippen LogP contribution >= 0.6 is 0 Å². The van der Waals surface area contributed by atoms with Crippen LogP contribution in [0.4, 0.5) is 4.79 Å². The minimum absolute atomic E-state index is 0.0530. The van der Waals surface area contributed by atoms with E-state index >= 15 is 0 Å². The van der Waals surface area contributed by atoms with Gasteiger partial charge in [-0.1, -0.05) is 0 Å². The summed E-state index contributed by atoms with van der Waals surface area (Å²) in [5.41, 5.74) is 0.973. The van der Waals surface area contributed by atoms with Crippen LogP contribution in [-0.2, 0) is 16.1 Å². The van der Waals surface area contributed by atoms with Crippen molar-refractivity contribution in [2.24, 2.45) is 5.92 Å². The number of hydrogen-bond donors (Lipinski definition) is 2. The van der Waals surface area contributed by atoms with Crippen LogP contribution in [-0.4, -0.2) is 57.5 Å². The standard InChI is InChI=1S/C16H24N4O4/c1-2-20-9-12(8-17-20)14-10-19(5-6-24-14)16(23)18-13-4-3-11(7-13)15(21)22/h8-9,11,13-14H,2-7,10H2,1H3,(H,18,23)(H,21,22)/t11-,13+,14?/m0/s1. The molecule has 1 saturated carbocycles. The molecule has 1 saturated heterocycles. The number of aryl methyl sites for hydroxylation is 1. The van der Waals surface area contributed by atoms with Crippen LogP contribution in [0.1, 0.15) is 37.9 Å². The first-order valence-corrected chi connectivity index (χ1v) is 8.49. The van der Waals surface area contributed by atoms with E-state index < -0.39 is 5.97 Å². The normalized spacial score (nSPS) is 27.2. The number of aromatic nitrogens is 2. The molecule has 2 N–H and O–H groups in total. The highest BCUT2D eigenvalue weighted by molar-refractivity contribution is 5.75. The van der Waals surface area contributed by atoms with Crippen molar-refractivity contribution in [3.8, 4) is 0 Å². The second kappa shape index (κ2) is 7.21. The minimum atomic E-state index is -0.772. The van der Waals surface area contributed by atoms with Gasteiger partial charge in [-0.05, 0) is 26.2 Å². The van der Waals surface area contributed by atoms with Gasteiger partial charge < -0.3 is 20.1 Å². The number of carbonyl (C=O) groups excluding carboxylic acids is 1. The highest BCUT2D eigenvalue weighted by atomic mass is 16.5. The Bertz CT molecular complexity index is 603. The number of amides is 2. The van der Waals surface area contributed by atoms with Crippen molar-refractivity contribution in [3.05, 3.63) is 18.0 Å². The average Bonchev–Trinajstić information content (AvgIpc) is 3.24. The maximum Gasteiger partial charge on any atom is 0.317 e. The molecule has 1 aliphatic carbocycles. The summed E-state index contributed by atoms with van der Waals surface area (Å²) in [5.74, 6) is -1.11. The van der Waals surface area contributed by atoms with Gasteiger partial charge in [0, 0.05) is 30.9 Å². The number of aliphatic carboxylic acids is 1. The summed E-state index contributed by atoms with van der Waals surface area (Å²) >= 11 is 0. The van der Waals surface area contributed by atoms with Crippen molar-refractivity contribution in [3.63, 3.8) is 0 Å². The van der Waals surface area contributed by atoms with Crippen molar-refractivity contribution in [2.75, 3.05) is 19.7 Å². The van der Waals surface area contributed by atoms with E-state index in [9.17, 15) is 9.59 Å². The third-order valence-electron chi connectivity index (χ3n) is 4.81. The number of carbonyl (C=O) groups is 2. The van der Waals surface area contributed by atoms with E-state index in [1.807, 2.05) is 17.8 Å². The molecule has 1 aromatic rings. The lowest BCUT2D eigenvalue weighted by Crippen LogP contribution is -2.49. The fourth-order valence-corrected chi connectivity index (χ4v) is 3.36. The third-order valence-corrected chi connectivity index (χ3v) is 4.81. The zero-order valence-corrected chi connectivity index (χ0v) is 13.9. The maximum atomic E-state index is 12.5. The first-order valence-electron chi connectivity index (χ1n) is 8.49. The highest BCUT2D eigenvalue weighted by Crippen LogP contribution is 2.26. The number of nitrogens with one attached hydrogen (secondary N) is 1. The quantitative estimate of drug-likeness (QED) is 0.862. The lowest BCUT2D eigenvalue weighted by atomic mass is 10.1. The maximum absolute atomic E-state index is 12.5. The predicted octanol–water partition coefficient (Wildman–Crippen LogP) is 1.24. The first-order chi connectivity index (χ1) is 11.6. The summed E-state index contributed by atoms with van der Waals surface area (Å²) in [5, 5.41) is 16.3. The first kappa shape index (κ1) is 16.8. The Balaban J connectivity index is 1.54. The van der Waals surface area contributed by atoms with Crippen LogP contribution in [0, 0.1) is 5.92 Å². The average molecular weight is 336 g/mol. The van der Waals surface area contributed by atoms with Gasteiger partial charge in [0.15, 0.2) is 0 Å². The van der Waals surface area contributed by atoms with Gasteiger partial charge in [-0.2, -0.15) is 5.10 Å². The van der Waals surface area contributed by atoms with E-state index in [0.717, 1.165) is 18.5 Å². The fraction of sp³-hybridized carbons (Fsp3) is 0.688. The number of rotatable bonds is 4. The van der Waals surface area contributed by atoms with E-state index in [0.29, 0.717) is 32.5 Å². The SMILES string of the molecule is CCn1cc(C2CN(C(=O)N[C@@H]3CC[C@H](C(=O)O)C3)CCO2)cn1. The van der Waals surface area contributed by atoms with Gasteiger partial charge in [0.2, 0.25) is 0 Å². The third kappa shape index (κ3) is 3.69. The number of urea groups is 1. The molecule has 2 amide bonds. The zero-order chi connectivity index (χ0) is 17.1. The minimum Gasteiger partial charge on any atom is -0.481 e. The molecule has 0 spiro atoms. The molecule has 8 heteroatoms. The molecule has 8 nitrogen and oxygen atoms in total. The monoisotopic (exact) mass is 336 g/mol. The molecule has 2 aliphatic rings. The van der Waals surface area contributed by atoms with E-state index in [1.165, 1.54) is 0 Å². The Morgan fingerprint density at radius 2 is 2.29 bits per heavy atom. The molecule has 1 aromatic heterocycles. The van der Waals surface area contributed by atoms with Crippen LogP contribution in [0.15, 0.2) is 12.4 Å². The van der Waals surface area contributed by atoms with Gasteiger partial charge in [-0.3, -0.25) is 9.48 Å². The molecule has 2 heterocycles. The second-order valence-corrected chi connectivity index (χ2v) is 6.43. The smallest absolute Gasteiger partial charge is 0.317 e. The molecule has 3 atom stereocenters. The summed E-state index contributed by atoms with van der Waals surface area (Å²) in [6, 6.07) is -0.190. The van der Waals surface area contributed by atoms with Crippen LogP contribution in [0.5, 0.6) is 0 Å². The topological polar surface area (TPSA) is 96.7 Å². The van der Waals surface area contributed by atoms with Crippen molar-refractivity contribution < 1.29 is 19.4 Å². The molecule has 24 heavy (non-hydrogen) atoms. The molecule has 2 fully saturated rings. The summed E-state index contributed by atoms with van der Waals surface area (Å²) in [4.78, 5) is 25.2. The summed E-state index contributed by atoms with van der Waals surface area (Å²) in [6.45, 7) is 4.32. The second-order valence-electron chi connectivity index (χ2n) is 6.43. The zero-order valence-electron chi connectivity index (χ0n) is 13.9. The fourth-order valence-electron chi connectivity index (χ4n) is 3.36. The molecule has 0 aromatic carbocycles. The van der Waals surface area contributed by atoms with Gasteiger partial charge in [-0.15, -0.1) is 0 Å².